The zero-order chi connectivity index (χ0) is 14.9. The first-order valence-corrected chi connectivity index (χ1v) is 8.45. The van der Waals surface area contributed by atoms with Gasteiger partial charge in [-0.25, -0.2) is 0 Å². The van der Waals surface area contributed by atoms with Crippen molar-refractivity contribution in [1.29, 1.82) is 0 Å². The minimum atomic E-state index is 0.413. The molecule has 2 aliphatic carbocycles. The number of hydrogen-bond acceptors (Lipinski definition) is 3. The molecular weight excluding hydrogens is 262 g/mol. The largest absolute Gasteiger partial charge is 0.464 e. The third-order valence-corrected chi connectivity index (χ3v) is 4.98. The van der Waals surface area contributed by atoms with Gasteiger partial charge in [-0.05, 0) is 56.9 Å². The smallest absolute Gasteiger partial charge is 0.130 e. The Hall–Kier alpha value is -0.800. The van der Waals surface area contributed by atoms with E-state index in [-0.39, 0.29) is 0 Å². The fourth-order valence-electron chi connectivity index (χ4n) is 3.12. The van der Waals surface area contributed by atoms with Crippen LogP contribution in [0, 0.1) is 12.3 Å². The average Bonchev–Trinajstić information content (AvgIpc) is 3.19. The van der Waals surface area contributed by atoms with Crippen molar-refractivity contribution in [3.8, 4) is 0 Å². The highest BCUT2D eigenvalue weighted by molar-refractivity contribution is 5.20. The zero-order valence-electron chi connectivity index (χ0n) is 13.7. The molecule has 0 saturated heterocycles. The fraction of sp³-hybridized carbons (Fsp3) is 0.778. The summed E-state index contributed by atoms with van der Waals surface area (Å²) in [5.41, 5.74) is 1.79. The second-order valence-electron chi connectivity index (χ2n) is 7.62. The lowest BCUT2D eigenvalue weighted by molar-refractivity contribution is -0.0122. The molecule has 3 heteroatoms. The van der Waals surface area contributed by atoms with Crippen LogP contribution in [-0.2, 0) is 17.9 Å². The predicted molar refractivity (Wildman–Crippen MR) is 84.1 cm³/mol. The van der Waals surface area contributed by atoms with Gasteiger partial charge < -0.3 is 14.5 Å². The van der Waals surface area contributed by atoms with Crippen LogP contribution in [-0.4, -0.2) is 12.1 Å². The molecule has 0 spiro atoms. The van der Waals surface area contributed by atoms with E-state index < -0.39 is 0 Å². The molecule has 0 bridgehead atoms. The van der Waals surface area contributed by atoms with Gasteiger partial charge in [-0.15, -0.1) is 0 Å². The number of hydrogen-bond donors (Lipinski definition) is 1. The minimum Gasteiger partial charge on any atom is -0.464 e. The van der Waals surface area contributed by atoms with E-state index in [2.05, 4.69) is 32.2 Å². The second-order valence-corrected chi connectivity index (χ2v) is 7.62. The fourth-order valence-corrected chi connectivity index (χ4v) is 3.12. The quantitative estimate of drug-likeness (QED) is 0.847. The molecule has 0 radical (unpaired) electrons. The lowest BCUT2D eigenvalue weighted by Gasteiger charge is -2.33. The molecule has 1 aromatic rings. The van der Waals surface area contributed by atoms with E-state index in [1.54, 1.807) is 0 Å². The first-order valence-electron chi connectivity index (χ1n) is 8.45. The van der Waals surface area contributed by atoms with Crippen molar-refractivity contribution in [2.24, 2.45) is 5.41 Å². The summed E-state index contributed by atoms with van der Waals surface area (Å²) < 4.78 is 11.9. The Kier molecular flexibility index (Phi) is 4.41. The highest BCUT2D eigenvalue weighted by Crippen LogP contribution is 2.36. The molecule has 118 valence electrons. The van der Waals surface area contributed by atoms with Gasteiger partial charge in [-0.2, -0.15) is 0 Å². The van der Waals surface area contributed by atoms with Crippen molar-refractivity contribution < 1.29 is 9.15 Å². The van der Waals surface area contributed by atoms with E-state index in [0.717, 1.165) is 24.1 Å². The molecular formula is C18H29NO2. The number of furan rings is 1. The van der Waals surface area contributed by atoms with Crippen LogP contribution in [0.5, 0.6) is 0 Å². The lowest BCUT2D eigenvalue weighted by Crippen LogP contribution is -2.26. The molecule has 1 N–H and O–H groups in total. The van der Waals surface area contributed by atoms with Crippen molar-refractivity contribution in [3.63, 3.8) is 0 Å². The van der Waals surface area contributed by atoms with E-state index in [1.807, 2.05) is 0 Å². The van der Waals surface area contributed by atoms with Crippen molar-refractivity contribution in [1.82, 2.24) is 5.32 Å². The van der Waals surface area contributed by atoms with Crippen molar-refractivity contribution in [2.45, 2.75) is 84.6 Å². The van der Waals surface area contributed by atoms with Crippen molar-refractivity contribution in [2.75, 3.05) is 0 Å². The van der Waals surface area contributed by atoms with E-state index in [4.69, 9.17) is 9.15 Å². The van der Waals surface area contributed by atoms with Crippen LogP contribution in [0.1, 0.15) is 69.5 Å². The number of ether oxygens (including phenoxy) is 1. The number of rotatable bonds is 6. The van der Waals surface area contributed by atoms with Gasteiger partial charge in [-0.3, -0.25) is 0 Å². The monoisotopic (exact) mass is 291 g/mol. The zero-order valence-corrected chi connectivity index (χ0v) is 13.7. The normalized spacial score (nSPS) is 22.6. The van der Waals surface area contributed by atoms with Gasteiger partial charge in [-0.1, -0.05) is 13.8 Å². The Morgan fingerprint density at radius 3 is 2.62 bits per heavy atom. The number of aryl methyl sites for hydroxylation is 1. The highest BCUT2D eigenvalue weighted by atomic mass is 16.5. The Morgan fingerprint density at radius 1 is 1.24 bits per heavy atom. The molecule has 2 saturated carbocycles. The molecule has 1 heterocycles. The van der Waals surface area contributed by atoms with Gasteiger partial charge in [0.1, 0.15) is 18.1 Å². The topological polar surface area (TPSA) is 34.4 Å². The van der Waals surface area contributed by atoms with Gasteiger partial charge in [0.25, 0.3) is 0 Å². The minimum absolute atomic E-state index is 0.413. The van der Waals surface area contributed by atoms with Crippen LogP contribution in [0.2, 0.25) is 0 Å². The van der Waals surface area contributed by atoms with Crippen LogP contribution >= 0.6 is 0 Å². The molecule has 3 rings (SSSR count). The van der Waals surface area contributed by atoms with Gasteiger partial charge in [0.15, 0.2) is 0 Å². The van der Waals surface area contributed by atoms with Crippen molar-refractivity contribution >= 4 is 0 Å². The van der Waals surface area contributed by atoms with Gasteiger partial charge in [0.2, 0.25) is 0 Å². The molecule has 0 atom stereocenters. The summed E-state index contributed by atoms with van der Waals surface area (Å²) in [5.74, 6) is 2.01. The third kappa shape index (κ3) is 4.33. The highest BCUT2D eigenvalue weighted by Gasteiger charge is 2.27. The summed E-state index contributed by atoms with van der Waals surface area (Å²) in [4.78, 5) is 0. The Labute approximate surface area is 128 Å². The summed E-state index contributed by atoms with van der Waals surface area (Å²) >= 11 is 0. The van der Waals surface area contributed by atoms with Gasteiger partial charge in [0.05, 0.1) is 6.10 Å². The Morgan fingerprint density at radius 2 is 1.95 bits per heavy atom. The maximum absolute atomic E-state index is 6.05. The molecule has 0 aromatic carbocycles. The van der Waals surface area contributed by atoms with Crippen LogP contribution < -0.4 is 5.32 Å². The molecule has 2 fully saturated rings. The molecule has 1 aromatic heterocycles. The number of nitrogens with one attached hydrogen (secondary N) is 1. The first-order chi connectivity index (χ1) is 10.0. The molecule has 21 heavy (non-hydrogen) atoms. The van der Waals surface area contributed by atoms with Gasteiger partial charge in [0, 0.05) is 18.2 Å². The summed E-state index contributed by atoms with van der Waals surface area (Å²) in [5, 5.41) is 3.54. The average molecular weight is 291 g/mol. The lowest BCUT2D eigenvalue weighted by atomic mass is 9.76. The van der Waals surface area contributed by atoms with Crippen LogP contribution in [0.4, 0.5) is 0 Å². The first kappa shape index (κ1) is 15.1. The molecule has 0 amide bonds. The SMILES string of the molecule is Cc1oc(COC2CCC(C)(C)CC2)cc1CNC1CC1. The van der Waals surface area contributed by atoms with Crippen molar-refractivity contribution in [3.05, 3.63) is 23.2 Å². The third-order valence-electron chi connectivity index (χ3n) is 4.98. The maximum atomic E-state index is 6.05. The van der Waals surface area contributed by atoms with E-state index in [1.165, 1.54) is 44.1 Å². The van der Waals surface area contributed by atoms with Crippen LogP contribution in [0.25, 0.3) is 0 Å². The van der Waals surface area contributed by atoms with E-state index in [9.17, 15) is 0 Å². The summed E-state index contributed by atoms with van der Waals surface area (Å²) in [7, 11) is 0. The molecule has 0 aliphatic heterocycles. The predicted octanol–water partition coefficient (Wildman–Crippen LogP) is 4.33. The maximum Gasteiger partial charge on any atom is 0.130 e. The van der Waals surface area contributed by atoms with Gasteiger partial charge >= 0.3 is 0 Å². The van der Waals surface area contributed by atoms with Crippen LogP contribution in [0.15, 0.2) is 10.5 Å². The summed E-state index contributed by atoms with van der Waals surface area (Å²) in [6, 6.07) is 2.90. The molecule has 2 aliphatic rings. The second kappa shape index (κ2) is 6.13. The molecule has 3 nitrogen and oxygen atoms in total. The van der Waals surface area contributed by atoms with Crippen LogP contribution in [0.3, 0.4) is 0 Å². The van der Waals surface area contributed by atoms with E-state index >= 15 is 0 Å². The standard InChI is InChI=1S/C18H29NO2/c1-13-14(11-19-15-4-5-15)10-17(21-13)12-20-16-6-8-18(2,3)9-7-16/h10,15-16,19H,4-9,11-12H2,1-3H3. The molecule has 0 unspecified atom stereocenters. The van der Waals surface area contributed by atoms with E-state index in [0.29, 0.717) is 18.1 Å². The summed E-state index contributed by atoms with van der Waals surface area (Å²) in [6.07, 6.45) is 7.97. The Balaban J connectivity index is 1.45. The summed E-state index contributed by atoms with van der Waals surface area (Å²) in [6.45, 7) is 8.32. The Bertz CT molecular complexity index is 464.